The van der Waals surface area contributed by atoms with Gasteiger partial charge in [-0.2, -0.15) is 10.2 Å². The first kappa shape index (κ1) is 37.6. The van der Waals surface area contributed by atoms with Crippen LogP contribution < -0.4 is 26.5 Å². The highest BCUT2D eigenvalue weighted by Gasteiger charge is 2.40. The van der Waals surface area contributed by atoms with Gasteiger partial charge in [0.1, 0.15) is 17.4 Å². The maximum atomic E-state index is 14.2. The van der Waals surface area contributed by atoms with Crippen LogP contribution in [0.2, 0.25) is 0 Å². The average Bonchev–Trinajstić information content (AvgIpc) is 4.06. The summed E-state index contributed by atoms with van der Waals surface area (Å²) in [5.41, 5.74) is 1.57. The van der Waals surface area contributed by atoms with Crippen LogP contribution in [0.4, 0.5) is 20.3 Å². The van der Waals surface area contributed by atoms with Crippen LogP contribution >= 0.6 is 0 Å². The summed E-state index contributed by atoms with van der Waals surface area (Å²) in [5.74, 6) is 6.13. The predicted molar refractivity (Wildman–Crippen MR) is 208 cm³/mol. The molecule has 4 aromatic heterocycles. The number of imide groups is 1. The van der Waals surface area contributed by atoms with E-state index in [9.17, 15) is 28.0 Å². The third kappa shape index (κ3) is 7.47. The number of alkyl halides is 2. The molecule has 302 valence electrons. The Morgan fingerprint density at radius 1 is 1.09 bits per heavy atom. The van der Waals surface area contributed by atoms with E-state index >= 15 is 0 Å². The summed E-state index contributed by atoms with van der Waals surface area (Å²) in [6.45, 7) is 3.02. The van der Waals surface area contributed by atoms with Gasteiger partial charge in [0.25, 0.3) is 12.3 Å². The number of imidazole rings is 1. The first-order chi connectivity index (χ1) is 28.2. The van der Waals surface area contributed by atoms with Gasteiger partial charge in [0, 0.05) is 37.3 Å². The Hall–Kier alpha value is -5.93. The van der Waals surface area contributed by atoms with Crippen molar-refractivity contribution in [3.05, 3.63) is 70.2 Å². The minimum atomic E-state index is -2.86. The number of benzene rings is 1. The molecule has 58 heavy (non-hydrogen) atoms. The second kappa shape index (κ2) is 15.8. The molecule has 16 nitrogen and oxygen atoms in total. The molecule has 3 amide bonds. The first-order valence-electron chi connectivity index (χ1n) is 19.9. The van der Waals surface area contributed by atoms with Gasteiger partial charge in [-0.15, -0.1) is 0 Å². The number of aromatic nitrogens is 7. The smallest absolute Gasteiger partial charge is 0.327 e. The quantitative estimate of drug-likeness (QED) is 0.0870. The minimum Gasteiger partial charge on any atom is -0.374 e. The lowest BCUT2D eigenvalue weighted by Crippen LogP contribution is -2.43. The number of carbonyl (C=O) groups excluding carboxylic acids is 3. The van der Waals surface area contributed by atoms with E-state index in [2.05, 4.69) is 47.9 Å². The van der Waals surface area contributed by atoms with Crippen molar-refractivity contribution in [2.75, 3.05) is 36.5 Å². The molecule has 7 heterocycles. The Bertz CT molecular complexity index is 2510. The monoisotopic (exact) mass is 795 g/mol. The van der Waals surface area contributed by atoms with Gasteiger partial charge in [0.05, 0.1) is 47.7 Å². The van der Waals surface area contributed by atoms with Crippen molar-refractivity contribution in [2.45, 2.75) is 88.4 Å². The molecule has 5 aromatic rings. The van der Waals surface area contributed by atoms with Crippen LogP contribution in [0.1, 0.15) is 97.9 Å². The van der Waals surface area contributed by atoms with Crippen molar-refractivity contribution >= 4 is 45.9 Å². The van der Waals surface area contributed by atoms with Gasteiger partial charge in [-0.05, 0) is 88.2 Å². The Kier molecular flexibility index (Phi) is 10.2. The van der Waals surface area contributed by atoms with Crippen LogP contribution in [-0.4, -0.2) is 90.0 Å². The summed E-state index contributed by atoms with van der Waals surface area (Å²) >= 11 is 0. The highest BCUT2D eigenvalue weighted by Crippen LogP contribution is 2.35. The molecule has 2 bridgehead atoms. The molecule has 9 rings (SSSR count). The minimum absolute atomic E-state index is 0.0178. The van der Waals surface area contributed by atoms with Gasteiger partial charge < -0.3 is 25.3 Å². The Labute approximate surface area is 330 Å². The van der Waals surface area contributed by atoms with Crippen molar-refractivity contribution in [1.82, 2.24) is 44.6 Å². The number of morpholine rings is 1. The fourth-order valence-electron chi connectivity index (χ4n) is 8.73. The van der Waals surface area contributed by atoms with E-state index in [-0.39, 0.29) is 48.2 Å². The molecule has 18 heteroatoms. The summed E-state index contributed by atoms with van der Waals surface area (Å²) in [4.78, 5) is 59.7. The summed E-state index contributed by atoms with van der Waals surface area (Å²) in [6, 6.07) is 6.69. The average molecular weight is 796 g/mol. The normalized spacial score (nSPS) is 23.2. The topological polar surface area (TPSA) is 186 Å². The van der Waals surface area contributed by atoms with Gasteiger partial charge in [0.15, 0.2) is 11.3 Å². The molecule has 1 unspecified atom stereocenters. The number of fused-ring (bicyclic) bond motifs is 4. The number of halogens is 2. The zero-order chi connectivity index (χ0) is 39.9. The van der Waals surface area contributed by atoms with Crippen LogP contribution in [-0.2, 0) is 14.3 Å². The van der Waals surface area contributed by atoms with Gasteiger partial charge in [-0.25, -0.2) is 23.1 Å². The van der Waals surface area contributed by atoms with Crippen LogP contribution in [0.3, 0.4) is 0 Å². The summed E-state index contributed by atoms with van der Waals surface area (Å²) in [7, 11) is 0. The lowest BCUT2D eigenvalue weighted by molar-refractivity contribution is -0.135. The first-order valence-corrected chi connectivity index (χ1v) is 19.9. The summed E-state index contributed by atoms with van der Waals surface area (Å²) in [6.07, 6.45) is 8.31. The summed E-state index contributed by atoms with van der Waals surface area (Å²) < 4.78 is 38.6. The van der Waals surface area contributed by atoms with Crippen LogP contribution in [0.15, 0.2) is 47.7 Å². The molecule has 1 saturated carbocycles. The van der Waals surface area contributed by atoms with Gasteiger partial charge in [-0.1, -0.05) is 11.8 Å². The standard InChI is InChI=1S/C40H43F2N11O5/c41-36(42)35-30(45-38(55)28-19-44-51-15-13-33(47-37(28)51)50-20-27-17-26(50)22-58-27)21-52(49-35)25-8-5-24(6-9-25)18-43-14-3-1-2-4-23-7-10-31-29(16-23)46-40(57)53(31)32-11-12-34(54)48-39(32)56/h7,10,13,15-16,19,21,24-27,32,36,43H,1,3,5-6,8-9,11-12,14,17-18,20,22H2,(H,45,55)(H,46,57)(H,48,54,56)/t24?,25?,26-,27-,32?/m1/s1. The number of nitrogens with zero attached hydrogens (tertiary/aromatic N) is 7. The molecule has 4 aliphatic rings. The number of ether oxygens (including phenoxy) is 1. The molecule has 3 aliphatic heterocycles. The van der Waals surface area contributed by atoms with Crippen LogP contribution in [0.25, 0.3) is 16.7 Å². The Balaban J connectivity index is 0.739. The number of rotatable bonds is 11. The number of unbranched alkanes of at least 4 members (excludes halogenated alkanes) is 1. The molecule has 4 fully saturated rings. The highest BCUT2D eigenvalue weighted by atomic mass is 19.3. The SMILES string of the molecule is O=C1CCC(n2c(=O)[nH]c3cc(C#CCCCNCC4CCC(n5cc(NC(=O)c6cnn7ccc(N8C[C@H]9C[C@@H]8CO9)nc67)c(C(F)F)n5)CC4)ccc32)C(=O)N1. The van der Waals surface area contributed by atoms with E-state index in [1.54, 1.807) is 23.0 Å². The number of piperidine rings is 1. The van der Waals surface area contributed by atoms with E-state index in [4.69, 9.17) is 9.72 Å². The molecule has 1 aromatic carbocycles. The molecule has 3 atom stereocenters. The fourth-order valence-corrected chi connectivity index (χ4v) is 8.73. The number of anilines is 2. The molecule has 1 aliphatic carbocycles. The summed E-state index contributed by atoms with van der Waals surface area (Å²) in [5, 5.41) is 17.0. The molecular weight excluding hydrogens is 753 g/mol. The number of H-pyrrole nitrogens is 1. The third-order valence-corrected chi connectivity index (χ3v) is 11.8. The van der Waals surface area contributed by atoms with Crippen molar-refractivity contribution < 1.29 is 27.9 Å². The zero-order valence-electron chi connectivity index (χ0n) is 31.6. The molecule has 0 spiro atoms. The van der Waals surface area contributed by atoms with Gasteiger partial charge >= 0.3 is 5.69 Å². The zero-order valence-corrected chi connectivity index (χ0v) is 31.6. The van der Waals surface area contributed by atoms with Crippen molar-refractivity contribution in [3.63, 3.8) is 0 Å². The number of nitrogens with one attached hydrogen (secondary N) is 4. The number of aromatic amines is 1. The molecular formula is C40H43F2N11O5. The Morgan fingerprint density at radius 3 is 2.72 bits per heavy atom. The third-order valence-electron chi connectivity index (χ3n) is 11.8. The van der Waals surface area contributed by atoms with E-state index in [0.717, 1.165) is 69.5 Å². The number of hydrogen-bond acceptors (Lipinski definition) is 10. The maximum absolute atomic E-state index is 14.2. The number of carbonyl (C=O) groups is 3. The van der Waals surface area contributed by atoms with E-state index in [1.165, 1.54) is 21.5 Å². The van der Waals surface area contributed by atoms with Crippen molar-refractivity contribution in [1.29, 1.82) is 0 Å². The van der Waals surface area contributed by atoms with E-state index in [0.29, 0.717) is 35.6 Å². The lowest BCUT2D eigenvalue weighted by Gasteiger charge is -2.28. The van der Waals surface area contributed by atoms with E-state index < -0.39 is 35.7 Å². The predicted octanol–water partition coefficient (Wildman–Crippen LogP) is 3.87. The largest absolute Gasteiger partial charge is 0.374 e. The second-order valence-electron chi connectivity index (χ2n) is 15.6. The molecule has 0 radical (unpaired) electrons. The maximum Gasteiger partial charge on any atom is 0.327 e. The molecule has 4 N–H and O–H groups in total. The highest BCUT2D eigenvalue weighted by molar-refractivity contribution is 6.08. The van der Waals surface area contributed by atoms with Crippen molar-refractivity contribution in [2.24, 2.45) is 5.92 Å². The van der Waals surface area contributed by atoms with E-state index in [1.807, 2.05) is 12.1 Å². The fraction of sp³-hybridized carbons (Fsp3) is 0.475. The lowest BCUT2D eigenvalue weighted by atomic mass is 9.86. The van der Waals surface area contributed by atoms with Crippen LogP contribution in [0, 0.1) is 17.8 Å². The van der Waals surface area contributed by atoms with Gasteiger partial charge in [0.2, 0.25) is 11.8 Å². The van der Waals surface area contributed by atoms with Crippen molar-refractivity contribution in [3.8, 4) is 11.8 Å². The number of amides is 3. The Morgan fingerprint density at radius 2 is 1.95 bits per heavy atom. The second-order valence-corrected chi connectivity index (χ2v) is 15.6. The number of hydrogen-bond donors (Lipinski definition) is 4. The molecule has 3 saturated heterocycles. The van der Waals surface area contributed by atoms with Gasteiger partial charge in [-0.3, -0.25) is 28.9 Å². The van der Waals surface area contributed by atoms with Crippen LogP contribution in [0.5, 0.6) is 0 Å².